The molecule has 3 heteroatoms. The fourth-order valence-corrected chi connectivity index (χ4v) is 3.85. The van der Waals surface area contributed by atoms with Gasteiger partial charge in [-0.2, -0.15) is 0 Å². The van der Waals surface area contributed by atoms with Crippen molar-refractivity contribution in [2.24, 2.45) is 5.92 Å². The lowest BCUT2D eigenvalue weighted by molar-refractivity contribution is 0.0526. The quantitative estimate of drug-likeness (QED) is 0.872. The highest BCUT2D eigenvalue weighted by Gasteiger charge is 2.34. The summed E-state index contributed by atoms with van der Waals surface area (Å²) in [7, 11) is 0. The highest BCUT2D eigenvalue weighted by molar-refractivity contribution is 5.22. The van der Waals surface area contributed by atoms with Gasteiger partial charge in [-0.1, -0.05) is 36.2 Å². The van der Waals surface area contributed by atoms with Crippen LogP contribution in [-0.4, -0.2) is 38.4 Å². The second-order valence-corrected chi connectivity index (χ2v) is 6.53. The Labute approximate surface area is 128 Å². The van der Waals surface area contributed by atoms with E-state index in [1.165, 1.54) is 30.4 Å². The van der Waals surface area contributed by atoms with Crippen molar-refractivity contribution in [2.75, 3.05) is 26.3 Å². The predicted molar refractivity (Wildman–Crippen MR) is 86.6 cm³/mol. The summed E-state index contributed by atoms with van der Waals surface area (Å²) in [5, 5.41) is 7.44. The SMILES string of the molecule is Cc1cccc(CCNC2CCCC2C2COCCN2)c1. The summed E-state index contributed by atoms with van der Waals surface area (Å²) in [5.41, 5.74) is 2.80. The third kappa shape index (κ3) is 4.06. The average Bonchev–Trinajstić information content (AvgIpc) is 2.97. The fraction of sp³-hybridized carbons (Fsp3) is 0.667. The average molecular weight is 288 g/mol. The first-order chi connectivity index (χ1) is 10.3. The van der Waals surface area contributed by atoms with Gasteiger partial charge in [-0.15, -0.1) is 0 Å². The minimum Gasteiger partial charge on any atom is -0.379 e. The molecule has 1 saturated carbocycles. The molecule has 1 aliphatic carbocycles. The van der Waals surface area contributed by atoms with Crippen molar-refractivity contribution in [3.63, 3.8) is 0 Å². The molecule has 1 heterocycles. The number of aryl methyl sites for hydroxylation is 1. The predicted octanol–water partition coefficient (Wildman–Crippen LogP) is 2.28. The standard InChI is InChI=1S/C18H28N2O/c1-14-4-2-5-15(12-14)8-9-19-17-7-3-6-16(17)18-13-21-11-10-20-18/h2,4-5,12,16-20H,3,6-11,13H2,1H3. The Hall–Kier alpha value is -0.900. The van der Waals surface area contributed by atoms with Gasteiger partial charge >= 0.3 is 0 Å². The van der Waals surface area contributed by atoms with Gasteiger partial charge in [0.25, 0.3) is 0 Å². The first kappa shape index (κ1) is 15.0. The lowest BCUT2D eigenvalue weighted by atomic mass is 9.94. The van der Waals surface area contributed by atoms with Crippen molar-refractivity contribution >= 4 is 0 Å². The van der Waals surface area contributed by atoms with E-state index < -0.39 is 0 Å². The Kier molecular flexibility index (Phi) is 5.28. The van der Waals surface area contributed by atoms with Gasteiger partial charge in [0, 0.05) is 18.6 Å². The van der Waals surface area contributed by atoms with Gasteiger partial charge in [0.05, 0.1) is 13.2 Å². The second kappa shape index (κ2) is 7.39. The van der Waals surface area contributed by atoms with Crippen LogP contribution < -0.4 is 10.6 Å². The molecule has 0 amide bonds. The van der Waals surface area contributed by atoms with Crippen LogP contribution in [0, 0.1) is 12.8 Å². The van der Waals surface area contributed by atoms with E-state index in [1.54, 1.807) is 0 Å². The summed E-state index contributed by atoms with van der Waals surface area (Å²) < 4.78 is 5.64. The molecule has 2 fully saturated rings. The zero-order valence-electron chi connectivity index (χ0n) is 13.1. The molecule has 1 aliphatic heterocycles. The lowest BCUT2D eigenvalue weighted by Gasteiger charge is -2.33. The maximum Gasteiger partial charge on any atom is 0.0623 e. The van der Waals surface area contributed by atoms with E-state index in [9.17, 15) is 0 Å². The molecule has 116 valence electrons. The number of rotatable bonds is 5. The minimum absolute atomic E-state index is 0.553. The Morgan fingerprint density at radius 3 is 3.10 bits per heavy atom. The molecule has 0 bridgehead atoms. The lowest BCUT2D eigenvalue weighted by Crippen LogP contribution is -2.51. The van der Waals surface area contributed by atoms with Gasteiger partial charge in [-0.05, 0) is 44.2 Å². The van der Waals surface area contributed by atoms with Crippen LogP contribution in [0.15, 0.2) is 24.3 Å². The molecular weight excluding hydrogens is 260 g/mol. The normalized spacial score (nSPS) is 29.7. The van der Waals surface area contributed by atoms with Crippen LogP contribution in [0.2, 0.25) is 0 Å². The number of ether oxygens (including phenoxy) is 1. The summed E-state index contributed by atoms with van der Waals surface area (Å²) in [6.45, 7) is 6.02. The molecule has 0 aromatic heterocycles. The summed E-state index contributed by atoms with van der Waals surface area (Å²) in [5.74, 6) is 0.739. The van der Waals surface area contributed by atoms with Crippen LogP contribution in [0.1, 0.15) is 30.4 Å². The van der Waals surface area contributed by atoms with Crippen LogP contribution in [-0.2, 0) is 11.2 Å². The molecule has 1 saturated heterocycles. The zero-order chi connectivity index (χ0) is 14.5. The third-order valence-electron chi connectivity index (χ3n) is 4.94. The smallest absolute Gasteiger partial charge is 0.0623 e. The van der Waals surface area contributed by atoms with E-state index in [1.807, 2.05) is 0 Å². The number of benzene rings is 1. The molecule has 2 N–H and O–H groups in total. The molecule has 1 aromatic rings. The van der Waals surface area contributed by atoms with Crippen molar-refractivity contribution < 1.29 is 4.74 Å². The van der Waals surface area contributed by atoms with Gasteiger partial charge in [-0.25, -0.2) is 0 Å². The van der Waals surface area contributed by atoms with Crippen molar-refractivity contribution in [1.82, 2.24) is 10.6 Å². The molecule has 1 aromatic carbocycles. The van der Waals surface area contributed by atoms with Crippen molar-refractivity contribution in [2.45, 2.75) is 44.7 Å². The van der Waals surface area contributed by atoms with Gasteiger partial charge in [0.1, 0.15) is 0 Å². The van der Waals surface area contributed by atoms with E-state index in [4.69, 9.17) is 4.74 Å². The van der Waals surface area contributed by atoms with Gasteiger partial charge in [0.2, 0.25) is 0 Å². The molecule has 21 heavy (non-hydrogen) atoms. The van der Waals surface area contributed by atoms with E-state index >= 15 is 0 Å². The molecule has 0 spiro atoms. The molecule has 3 rings (SSSR count). The van der Waals surface area contributed by atoms with Gasteiger partial charge in [0.15, 0.2) is 0 Å². The Bertz CT molecular complexity index is 443. The summed E-state index contributed by atoms with van der Waals surface area (Å²) in [6, 6.07) is 10.1. The van der Waals surface area contributed by atoms with Crippen LogP contribution >= 0.6 is 0 Å². The van der Waals surface area contributed by atoms with E-state index in [-0.39, 0.29) is 0 Å². The van der Waals surface area contributed by atoms with Crippen LogP contribution in [0.5, 0.6) is 0 Å². The summed E-state index contributed by atoms with van der Waals surface area (Å²) in [6.07, 6.45) is 5.13. The number of morpholine rings is 1. The fourth-order valence-electron chi connectivity index (χ4n) is 3.85. The highest BCUT2D eigenvalue weighted by atomic mass is 16.5. The number of hydrogen-bond acceptors (Lipinski definition) is 3. The van der Waals surface area contributed by atoms with Crippen LogP contribution in [0.4, 0.5) is 0 Å². The Morgan fingerprint density at radius 2 is 2.29 bits per heavy atom. The van der Waals surface area contributed by atoms with Gasteiger partial charge < -0.3 is 15.4 Å². The molecule has 2 aliphatic rings. The monoisotopic (exact) mass is 288 g/mol. The first-order valence-electron chi connectivity index (χ1n) is 8.43. The summed E-state index contributed by atoms with van der Waals surface area (Å²) >= 11 is 0. The Morgan fingerprint density at radius 1 is 1.33 bits per heavy atom. The highest BCUT2D eigenvalue weighted by Crippen LogP contribution is 2.29. The van der Waals surface area contributed by atoms with Gasteiger partial charge in [-0.3, -0.25) is 0 Å². The molecule has 3 nitrogen and oxygen atoms in total. The van der Waals surface area contributed by atoms with Crippen molar-refractivity contribution in [3.05, 3.63) is 35.4 Å². The molecule has 0 radical (unpaired) electrons. The summed E-state index contributed by atoms with van der Waals surface area (Å²) in [4.78, 5) is 0. The topological polar surface area (TPSA) is 33.3 Å². The van der Waals surface area contributed by atoms with Crippen molar-refractivity contribution in [1.29, 1.82) is 0 Å². The van der Waals surface area contributed by atoms with Crippen LogP contribution in [0.25, 0.3) is 0 Å². The minimum atomic E-state index is 0.553. The second-order valence-electron chi connectivity index (χ2n) is 6.53. The number of nitrogens with one attached hydrogen (secondary N) is 2. The Balaban J connectivity index is 1.47. The van der Waals surface area contributed by atoms with E-state index in [0.29, 0.717) is 12.1 Å². The number of hydrogen-bond donors (Lipinski definition) is 2. The maximum atomic E-state index is 5.64. The molecule has 3 atom stereocenters. The largest absolute Gasteiger partial charge is 0.379 e. The molecular formula is C18H28N2O. The molecule has 3 unspecified atom stereocenters. The van der Waals surface area contributed by atoms with Crippen LogP contribution in [0.3, 0.4) is 0 Å². The zero-order valence-corrected chi connectivity index (χ0v) is 13.1. The first-order valence-corrected chi connectivity index (χ1v) is 8.43. The van der Waals surface area contributed by atoms with E-state index in [0.717, 1.165) is 38.6 Å². The maximum absolute atomic E-state index is 5.64. The van der Waals surface area contributed by atoms with Crippen molar-refractivity contribution in [3.8, 4) is 0 Å². The third-order valence-corrected chi connectivity index (χ3v) is 4.94. The van der Waals surface area contributed by atoms with E-state index in [2.05, 4.69) is 41.8 Å².